The highest BCUT2D eigenvalue weighted by Crippen LogP contribution is 2.36. The Labute approximate surface area is 160 Å². The smallest absolute Gasteiger partial charge is 0.258 e. The molecular formula is C20H14Cl2N2O2. The summed E-state index contributed by atoms with van der Waals surface area (Å²) in [6.45, 7) is 0.681. The van der Waals surface area contributed by atoms with Crippen LogP contribution in [-0.4, -0.2) is 17.5 Å². The fourth-order valence-corrected chi connectivity index (χ4v) is 3.39. The maximum absolute atomic E-state index is 12.3. The van der Waals surface area contributed by atoms with Gasteiger partial charge in [0.2, 0.25) is 0 Å². The molecule has 130 valence electrons. The zero-order valence-corrected chi connectivity index (χ0v) is 15.1. The molecule has 0 saturated heterocycles. The number of carbonyl (C=O) groups is 1. The van der Waals surface area contributed by atoms with Gasteiger partial charge >= 0.3 is 0 Å². The molecule has 0 unspecified atom stereocenters. The Morgan fingerprint density at radius 3 is 2.69 bits per heavy atom. The first-order chi connectivity index (χ1) is 12.6. The largest absolute Gasteiger partial charge is 0.493 e. The summed E-state index contributed by atoms with van der Waals surface area (Å²) < 4.78 is 5.60. The minimum absolute atomic E-state index is 0.306. The van der Waals surface area contributed by atoms with E-state index in [1.165, 1.54) is 0 Å². The Kier molecular flexibility index (Phi) is 4.53. The van der Waals surface area contributed by atoms with E-state index in [9.17, 15) is 4.79 Å². The van der Waals surface area contributed by atoms with E-state index in [0.29, 0.717) is 28.0 Å². The summed E-state index contributed by atoms with van der Waals surface area (Å²) >= 11 is 12.4. The van der Waals surface area contributed by atoms with Crippen LogP contribution in [0.2, 0.25) is 10.0 Å². The highest BCUT2D eigenvalue weighted by molar-refractivity contribution is 6.34. The van der Waals surface area contributed by atoms with E-state index < -0.39 is 0 Å². The third-order valence-electron chi connectivity index (χ3n) is 4.21. The molecule has 0 aliphatic carbocycles. The van der Waals surface area contributed by atoms with Crippen molar-refractivity contribution in [2.24, 2.45) is 0 Å². The Morgan fingerprint density at radius 2 is 1.92 bits per heavy atom. The lowest BCUT2D eigenvalue weighted by Crippen LogP contribution is -2.13. The minimum Gasteiger partial charge on any atom is -0.493 e. The molecule has 1 aliphatic rings. The first kappa shape index (κ1) is 16.9. The van der Waals surface area contributed by atoms with Crippen LogP contribution in [0.3, 0.4) is 0 Å². The van der Waals surface area contributed by atoms with Crippen LogP contribution in [-0.2, 0) is 6.42 Å². The first-order valence-corrected chi connectivity index (χ1v) is 8.85. The number of aromatic nitrogens is 1. The van der Waals surface area contributed by atoms with Crippen LogP contribution in [0.1, 0.15) is 15.9 Å². The molecular weight excluding hydrogens is 371 g/mol. The zero-order chi connectivity index (χ0) is 18.1. The molecule has 0 spiro atoms. The van der Waals surface area contributed by atoms with Crippen molar-refractivity contribution in [2.75, 3.05) is 11.9 Å². The van der Waals surface area contributed by atoms with Crippen molar-refractivity contribution in [1.82, 2.24) is 4.98 Å². The predicted molar refractivity (Wildman–Crippen MR) is 103 cm³/mol. The van der Waals surface area contributed by atoms with Gasteiger partial charge in [-0.3, -0.25) is 4.79 Å². The maximum atomic E-state index is 12.3. The Hall–Kier alpha value is -2.56. The van der Waals surface area contributed by atoms with Gasteiger partial charge in [0, 0.05) is 28.8 Å². The summed E-state index contributed by atoms with van der Waals surface area (Å²) in [7, 11) is 0. The number of carbonyl (C=O) groups excluding carboxylic acids is 1. The van der Waals surface area contributed by atoms with Crippen LogP contribution in [0, 0.1) is 0 Å². The topological polar surface area (TPSA) is 51.2 Å². The van der Waals surface area contributed by atoms with Crippen molar-refractivity contribution in [1.29, 1.82) is 0 Å². The summed E-state index contributed by atoms with van der Waals surface area (Å²) in [5.41, 5.74) is 3.22. The summed E-state index contributed by atoms with van der Waals surface area (Å²) in [4.78, 5) is 16.6. The van der Waals surface area contributed by atoms with Gasteiger partial charge in [-0.05, 0) is 42.0 Å². The molecule has 1 aromatic heterocycles. The fourth-order valence-electron chi connectivity index (χ4n) is 2.87. The number of pyridine rings is 1. The molecule has 0 fully saturated rings. The number of halogens is 2. The molecule has 1 aliphatic heterocycles. The average molecular weight is 385 g/mol. The molecule has 2 heterocycles. The summed E-state index contributed by atoms with van der Waals surface area (Å²) in [6.07, 6.45) is 2.55. The quantitative estimate of drug-likeness (QED) is 0.671. The number of rotatable bonds is 3. The van der Waals surface area contributed by atoms with Gasteiger partial charge in [-0.2, -0.15) is 0 Å². The van der Waals surface area contributed by atoms with Crippen molar-refractivity contribution in [3.05, 3.63) is 75.9 Å². The summed E-state index contributed by atoms with van der Waals surface area (Å²) in [6, 6.07) is 14.3. The van der Waals surface area contributed by atoms with Gasteiger partial charge in [-0.25, -0.2) is 4.98 Å². The van der Waals surface area contributed by atoms with Gasteiger partial charge in [-0.15, -0.1) is 0 Å². The van der Waals surface area contributed by atoms with E-state index in [0.717, 1.165) is 28.9 Å². The number of hydrogen-bond donors (Lipinski definition) is 1. The Bertz CT molecular complexity index is 988. The van der Waals surface area contributed by atoms with Crippen LogP contribution in [0.25, 0.3) is 11.1 Å². The van der Waals surface area contributed by atoms with Gasteiger partial charge in [0.1, 0.15) is 11.6 Å². The second-order valence-corrected chi connectivity index (χ2v) is 6.72. The number of ether oxygens (including phenoxy) is 1. The van der Waals surface area contributed by atoms with E-state index in [4.69, 9.17) is 27.9 Å². The van der Waals surface area contributed by atoms with Gasteiger partial charge in [-0.1, -0.05) is 35.3 Å². The molecule has 0 saturated carbocycles. The Balaban J connectivity index is 1.56. The molecule has 4 nitrogen and oxygen atoms in total. The number of hydrogen-bond acceptors (Lipinski definition) is 3. The summed E-state index contributed by atoms with van der Waals surface area (Å²) in [5.74, 6) is 0.993. The van der Waals surface area contributed by atoms with Crippen molar-refractivity contribution >= 4 is 34.9 Å². The van der Waals surface area contributed by atoms with Gasteiger partial charge < -0.3 is 10.1 Å². The molecule has 2 aromatic carbocycles. The number of amides is 1. The molecule has 26 heavy (non-hydrogen) atoms. The highest BCUT2D eigenvalue weighted by atomic mass is 35.5. The molecule has 1 amide bonds. The van der Waals surface area contributed by atoms with Crippen LogP contribution in [0.4, 0.5) is 5.82 Å². The lowest BCUT2D eigenvalue weighted by atomic mass is 10.0. The monoisotopic (exact) mass is 384 g/mol. The molecule has 0 radical (unpaired) electrons. The fraction of sp³-hybridized carbons (Fsp3) is 0.100. The van der Waals surface area contributed by atoms with Gasteiger partial charge in [0.25, 0.3) is 5.91 Å². The minimum atomic E-state index is -0.306. The third kappa shape index (κ3) is 3.26. The first-order valence-electron chi connectivity index (χ1n) is 8.09. The molecule has 1 N–H and O–H groups in total. The molecule has 6 heteroatoms. The van der Waals surface area contributed by atoms with Crippen LogP contribution >= 0.6 is 23.2 Å². The van der Waals surface area contributed by atoms with E-state index >= 15 is 0 Å². The standard InChI is InChI=1S/C20H14Cl2N2O2/c21-16-4-2-1-3-14(16)20(25)24-19-6-5-13(11-23-19)15-10-18-12(7-8-26-18)9-17(15)22/h1-6,9-11H,7-8H2,(H,23,24,25). The van der Waals surface area contributed by atoms with E-state index in [1.54, 1.807) is 36.5 Å². The molecule has 0 bridgehead atoms. The second kappa shape index (κ2) is 6.98. The average Bonchev–Trinajstić information content (AvgIpc) is 3.09. The van der Waals surface area contributed by atoms with Crippen LogP contribution < -0.4 is 10.1 Å². The van der Waals surface area contributed by atoms with Gasteiger partial charge in [0.05, 0.1) is 17.2 Å². The lowest BCUT2D eigenvalue weighted by Gasteiger charge is -2.09. The zero-order valence-electron chi connectivity index (χ0n) is 13.6. The van der Waals surface area contributed by atoms with Crippen LogP contribution in [0.5, 0.6) is 5.75 Å². The molecule has 4 rings (SSSR count). The SMILES string of the molecule is O=C(Nc1ccc(-c2cc3c(cc2Cl)CCO3)cn1)c1ccccc1Cl. The Morgan fingerprint density at radius 1 is 1.08 bits per heavy atom. The summed E-state index contributed by atoms with van der Waals surface area (Å²) in [5, 5.41) is 3.79. The van der Waals surface area contributed by atoms with Crippen molar-refractivity contribution in [3.8, 4) is 16.9 Å². The number of fused-ring (bicyclic) bond motifs is 1. The lowest BCUT2D eigenvalue weighted by molar-refractivity contribution is 0.102. The number of nitrogens with zero attached hydrogens (tertiary/aromatic N) is 1. The number of anilines is 1. The van der Waals surface area contributed by atoms with Crippen LogP contribution in [0.15, 0.2) is 54.7 Å². The number of nitrogens with one attached hydrogen (secondary N) is 1. The van der Waals surface area contributed by atoms with E-state index in [-0.39, 0.29) is 5.91 Å². The molecule has 0 atom stereocenters. The highest BCUT2D eigenvalue weighted by Gasteiger charge is 2.16. The normalized spacial score (nSPS) is 12.4. The molecule has 3 aromatic rings. The predicted octanol–water partition coefficient (Wildman–Crippen LogP) is 5.24. The maximum Gasteiger partial charge on any atom is 0.258 e. The second-order valence-electron chi connectivity index (χ2n) is 5.90. The van der Waals surface area contributed by atoms with Gasteiger partial charge in [0.15, 0.2) is 0 Å². The van der Waals surface area contributed by atoms with Crippen molar-refractivity contribution < 1.29 is 9.53 Å². The van der Waals surface area contributed by atoms with E-state index in [1.807, 2.05) is 18.2 Å². The van der Waals surface area contributed by atoms with Crippen molar-refractivity contribution in [2.45, 2.75) is 6.42 Å². The van der Waals surface area contributed by atoms with Crippen molar-refractivity contribution in [3.63, 3.8) is 0 Å². The number of benzene rings is 2. The van der Waals surface area contributed by atoms with E-state index in [2.05, 4.69) is 10.3 Å². The third-order valence-corrected chi connectivity index (χ3v) is 4.86.